The van der Waals surface area contributed by atoms with Gasteiger partial charge < -0.3 is 18.9 Å². The molecule has 1 aromatic carbocycles. The number of hydrogen-bond acceptors (Lipinski definition) is 5. The Morgan fingerprint density at radius 3 is 2.56 bits per heavy atom. The molecule has 1 aromatic rings. The number of hydrogen-bond donors (Lipinski definition) is 0. The molecule has 6 rings (SSSR count). The Hall–Kier alpha value is -1.95. The molecule has 5 aliphatic rings. The standard InChI is InChI=1S/C27H32O5/c1-26-16-30-25(17-3-6-19(29-2)7-4-17)24-20-11-12-27(31-13-14-32-27)15-18(20)5-8-21(24)22(26)9-10-23(26)28/h3-4,6-7,15,21-22,25H,5,8-14,16H2,1-2H3/t21?,22?,25-,26?/m0/s1. The number of carbonyl (C=O) groups is 1. The van der Waals surface area contributed by atoms with E-state index in [2.05, 4.69) is 25.1 Å². The summed E-state index contributed by atoms with van der Waals surface area (Å²) in [4.78, 5) is 13.0. The van der Waals surface area contributed by atoms with Crippen molar-refractivity contribution in [1.82, 2.24) is 0 Å². The molecule has 0 N–H and O–H groups in total. The third-order valence-corrected chi connectivity index (χ3v) is 8.63. The molecule has 5 nitrogen and oxygen atoms in total. The quantitative estimate of drug-likeness (QED) is 0.659. The summed E-state index contributed by atoms with van der Waals surface area (Å²) in [5.74, 6) is 1.42. The van der Waals surface area contributed by atoms with Crippen LogP contribution in [0.5, 0.6) is 5.75 Å². The fourth-order valence-corrected chi connectivity index (χ4v) is 6.93. The van der Waals surface area contributed by atoms with E-state index < -0.39 is 5.79 Å². The van der Waals surface area contributed by atoms with Gasteiger partial charge in [0.1, 0.15) is 17.6 Å². The normalized spacial score (nSPS) is 35.8. The molecule has 2 heterocycles. The van der Waals surface area contributed by atoms with E-state index in [-0.39, 0.29) is 11.5 Å². The lowest BCUT2D eigenvalue weighted by atomic mass is 9.63. The zero-order valence-corrected chi connectivity index (χ0v) is 19.0. The highest BCUT2D eigenvalue weighted by molar-refractivity contribution is 5.87. The summed E-state index contributed by atoms with van der Waals surface area (Å²) in [6.45, 7) is 3.97. The lowest BCUT2D eigenvalue weighted by Crippen LogP contribution is -2.37. The fraction of sp³-hybridized carbons (Fsp3) is 0.593. The predicted octanol–water partition coefficient (Wildman–Crippen LogP) is 4.92. The summed E-state index contributed by atoms with van der Waals surface area (Å²) in [6, 6.07) is 8.25. The third-order valence-electron chi connectivity index (χ3n) is 8.63. The summed E-state index contributed by atoms with van der Waals surface area (Å²) >= 11 is 0. The van der Waals surface area contributed by atoms with Crippen molar-refractivity contribution in [3.63, 3.8) is 0 Å². The summed E-state index contributed by atoms with van der Waals surface area (Å²) in [7, 11) is 1.69. The maximum Gasteiger partial charge on any atom is 0.188 e. The zero-order chi connectivity index (χ0) is 21.9. The van der Waals surface area contributed by atoms with Gasteiger partial charge in [0.15, 0.2) is 5.79 Å². The molecular weight excluding hydrogens is 404 g/mol. The first kappa shape index (κ1) is 20.6. The lowest BCUT2D eigenvalue weighted by Gasteiger charge is -2.41. The van der Waals surface area contributed by atoms with Crippen LogP contribution in [0.1, 0.15) is 57.1 Å². The Kier molecular flexibility index (Phi) is 4.87. The van der Waals surface area contributed by atoms with Crippen LogP contribution in [0, 0.1) is 17.3 Å². The molecule has 32 heavy (non-hydrogen) atoms. The molecule has 0 radical (unpaired) electrons. The number of ketones is 1. The van der Waals surface area contributed by atoms with E-state index in [4.69, 9.17) is 18.9 Å². The van der Waals surface area contributed by atoms with Crippen molar-refractivity contribution >= 4 is 5.78 Å². The highest BCUT2D eigenvalue weighted by Gasteiger charge is 2.55. The summed E-state index contributed by atoms with van der Waals surface area (Å²) in [6.07, 6.45) is 7.65. The van der Waals surface area contributed by atoms with E-state index >= 15 is 0 Å². The molecule has 3 fully saturated rings. The van der Waals surface area contributed by atoms with Crippen LogP contribution in [-0.2, 0) is 19.0 Å². The van der Waals surface area contributed by atoms with Gasteiger partial charge >= 0.3 is 0 Å². The van der Waals surface area contributed by atoms with Crippen LogP contribution in [0.4, 0.5) is 0 Å². The molecule has 170 valence electrons. The Balaban J connectivity index is 1.48. The van der Waals surface area contributed by atoms with E-state index in [1.165, 1.54) is 16.7 Å². The van der Waals surface area contributed by atoms with Crippen LogP contribution in [0.3, 0.4) is 0 Å². The van der Waals surface area contributed by atoms with Crippen molar-refractivity contribution in [2.45, 2.75) is 57.3 Å². The largest absolute Gasteiger partial charge is 0.497 e. The smallest absolute Gasteiger partial charge is 0.188 e. The lowest BCUT2D eigenvalue weighted by molar-refractivity contribution is -0.130. The average Bonchev–Trinajstić information content (AvgIpc) is 3.35. The minimum atomic E-state index is -0.536. The fourth-order valence-electron chi connectivity index (χ4n) is 6.93. The molecule has 2 saturated heterocycles. The van der Waals surface area contributed by atoms with Crippen LogP contribution in [0.25, 0.3) is 0 Å². The summed E-state index contributed by atoms with van der Waals surface area (Å²) in [5, 5.41) is 0. The van der Waals surface area contributed by atoms with E-state index in [1.54, 1.807) is 7.11 Å². The van der Waals surface area contributed by atoms with Crippen LogP contribution in [-0.4, -0.2) is 38.5 Å². The molecule has 3 unspecified atom stereocenters. The zero-order valence-electron chi connectivity index (χ0n) is 19.0. The van der Waals surface area contributed by atoms with Crippen molar-refractivity contribution in [2.24, 2.45) is 17.3 Å². The van der Waals surface area contributed by atoms with Gasteiger partial charge in [-0.25, -0.2) is 0 Å². The second-order valence-electron chi connectivity index (χ2n) is 10.2. The molecule has 4 atom stereocenters. The summed E-state index contributed by atoms with van der Waals surface area (Å²) in [5.41, 5.74) is 4.95. The van der Waals surface area contributed by atoms with Gasteiger partial charge in [0.2, 0.25) is 0 Å². The first-order valence-electron chi connectivity index (χ1n) is 12.0. The SMILES string of the molecule is COc1ccc([C@@H]2OCC3(C)C(=O)CCC3C3CCC4=CC5(CCC4=C32)OCCO5)cc1. The average molecular weight is 437 g/mol. The molecule has 1 saturated carbocycles. The first-order chi connectivity index (χ1) is 15.5. The number of ether oxygens (including phenoxy) is 4. The van der Waals surface area contributed by atoms with Crippen molar-refractivity contribution in [1.29, 1.82) is 0 Å². The first-order valence-corrected chi connectivity index (χ1v) is 12.0. The van der Waals surface area contributed by atoms with Gasteiger partial charge in [-0.2, -0.15) is 0 Å². The van der Waals surface area contributed by atoms with Crippen LogP contribution < -0.4 is 4.74 Å². The van der Waals surface area contributed by atoms with Gasteiger partial charge in [-0.3, -0.25) is 4.79 Å². The molecule has 0 bridgehead atoms. The van der Waals surface area contributed by atoms with Gasteiger partial charge in [0.25, 0.3) is 0 Å². The van der Waals surface area contributed by atoms with E-state index in [0.29, 0.717) is 43.9 Å². The van der Waals surface area contributed by atoms with E-state index in [1.807, 2.05) is 12.1 Å². The molecule has 0 amide bonds. The third kappa shape index (κ3) is 3.05. The van der Waals surface area contributed by atoms with Crippen molar-refractivity contribution < 1.29 is 23.7 Å². The molecule has 1 spiro atoms. The van der Waals surface area contributed by atoms with Crippen LogP contribution >= 0.6 is 0 Å². The van der Waals surface area contributed by atoms with Gasteiger partial charge in [0, 0.05) is 12.8 Å². The number of carbonyl (C=O) groups excluding carboxylic acids is 1. The molecule has 3 aliphatic carbocycles. The van der Waals surface area contributed by atoms with Gasteiger partial charge in [-0.1, -0.05) is 19.1 Å². The predicted molar refractivity (Wildman–Crippen MR) is 119 cm³/mol. The number of allylic oxidation sites excluding steroid dienone is 2. The van der Waals surface area contributed by atoms with Crippen LogP contribution in [0.2, 0.25) is 0 Å². The maximum atomic E-state index is 13.0. The Morgan fingerprint density at radius 1 is 1.03 bits per heavy atom. The van der Waals surface area contributed by atoms with Gasteiger partial charge in [0.05, 0.1) is 32.3 Å². The van der Waals surface area contributed by atoms with Crippen molar-refractivity contribution in [3.05, 3.63) is 52.6 Å². The monoisotopic (exact) mass is 436 g/mol. The highest BCUT2D eigenvalue weighted by Crippen LogP contribution is 2.58. The number of methoxy groups -OCH3 is 1. The van der Waals surface area contributed by atoms with Crippen molar-refractivity contribution in [2.75, 3.05) is 26.9 Å². The number of fused-ring (bicyclic) bond motifs is 4. The molecule has 0 aromatic heterocycles. The minimum absolute atomic E-state index is 0.126. The van der Waals surface area contributed by atoms with Crippen molar-refractivity contribution in [3.8, 4) is 5.75 Å². The van der Waals surface area contributed by atoms with E-state index in [9.17, 15) is 4.79 Å². The van der Waals surface area contributed by atoms with Crippen LogP contribution in [0.15, 0.2) is 47.1 Å². The molecule has 5 heteroatoms. The van der Waals surface area contributed by atoms with E-state index in [0.717, 1.165) is 43.4 Å². The number of rotatable bonds is 2. The Bertz CT molecular complexity index is 984. The number of Topliss-reactive ketones (excluding diaryl/α,β-unsaturated/α-hetero) is 1. The molecule has 2 aliphatic heterocycles. The molecular formula is C27H32O5. The number of benzene rings is 1. The summed E-state index contributed by atoms with van der Waals surface area (Å²) < 4.78 is 24.1. The minimum Gasteiger partial charge on any atom is -0.497 e. The Morgan fingerprint density at radius 2 is 1.81 bits per heavy atom. The van der Waals surface area contributed by atoms with Gasteiger partial charge in [-0.15, -0.1) is 0 Å². The maximum absolute atomic E-state index is 13.0. The topological polar surface area (TPSA) is 54.0 Å². The second kappa shape index (κ2) is 7.54. The Labute approximate surface area is 189 Å². The van der Waals surface area contributed by atoms with Gasteiger partial charge in [-0.05, 0) is 78.0 Å². The highest BCUT2D eigenvalue weighted by atomic mass is 16.7. The second-order valence-corrected chi connectivity index (χ2v) is 10.2.